The number of nitrogens with zero attached hydrogens (tertiary/aromatic N) is 2. The van der Waals surface area contributed by atoms with E-state index in [9.17, 15) is 28.7 Å². The molecule has 0 aliphatic rings. The number of hydrogen-bond donors (Lipinski definition) is 4. The first-order valence-corrected chi connectivity index (χ1v) is 22.6. The van der Waals surface area contributed by atoms with Gasteiger partial charge in [0.1, 0.15) is 23.3 Å². The normalized spacial score (nSPS) is 12.7. The molecule has 1 heterocycles. The molecule has 18 heteroatoms. The van der Waals surface area contributed by atoms with Gasteiger partial charge in [-0.05, 0) is 69.0 Å². The molecule has 0 fully saturated rings. The van der Waals surface area contributed by atoms with E-state index in [1.165, 1.54) is 0 Å². The fourth-order valence-corrected chi connectivity index (χ4v) is 7.45. The summed E-state index contributed by atoms with van der Waals surface area (Å²) < 4.78 is 58.4. The van der Waals surface area contributed by atoms with E-state index in [1.54, 1.807) is 37.9 Å². The molecule has 1 aromatic heterocycles. The van der Waals surface area contributed by atoms with Crippen molar-refractivity contribution in [3.63, 3.8) is 0 Å². The molecule has 0 radical (unpaired) electrons. The lowest BCUT2D eigenvalue weighted by molar-refractivity contribution is -0.141. The van der Waals surface area contributed by atoms with E-state index in [-0.39, 0.29) is 49.2 Å². The molecule has 356 valence electrons. The Labute approximate surface area is 380 Å². The molecule has 3 rings (SSSR count). The lowest BCUT2D eigenvalue weighted by Crippen LogP contribution is -2.45. The van der Waals surface area contributed by atoms with Crippen molar-refractivity contribution in [1.29, 1.82) is 0 Å². The van der Waals surface area contributed by atoms with Crippen LogP contribution in [0.2, 0.25) is 0 Å². The summed E-state index contributed by atoms with van der Waals surface area (Å²) >= 11 is 1.09. The summed E-state index contributed by atoms with van der Waals surface area (Å²) in [5.41, 5.74) is 7.06. The quantitative estimate of drug-likeness (QED) is 0.0593. The molecule has 0 saturated carbocycles. The predicted octanol–water partition coefficient (Wildman–Crippen LogP) is 6.03. The number of carbonyl (C=O) groups excluding carboxylic acids is 3. The van der Waals surface area contributed by atoms with Crippen LogP contribution in [0.3, 0.4) is 0 Å². The van der Waals surface area contributed by atoms with Crippen LogP contribution in [-0.4, -0.2) is 134 Å². The van der Waals surface area contributed by atoms with Crippen LogP contribution in [0.15, 0.2) is 60.8 Å². The number of thioether (sulfide) groups is 1. The maximum absolute atomic E-state index is 15.1. The van der Waals surface area contributed by atoms with Gasteiger partial charge in [-0.3, -0.25) is 9.59 Å². The van der Waals surface area contributed by atoms with Crippen molar-refractivity contribution in [1.82, 2.24) is 20.1 Å². The monoisotopic (exact) mass is 919 g/mol. The Bertz CT molecular complexity index is 1890. The summed E-state index contributed by atoms with van der Waals surface area (Å²) in [6, 6.07) is 13.0. The van der Waals surface area contributed by atoms with E-state index in [1.807, 2.05) is 55.7 Å². The molecular weight excluding hydrogens is 853 g/mol. The smallest absolute Gasteiger partial charge is 0.407 e. The van der Waals surface area contributed by atoms with Crippen LogP contribution < -0.4 is 16.4 Å². The van der Waals surface area contributed by atoms with Crippen molar-refractivity contribution < 1.29 is 56.7 Å². The highest BCUT2D eigenvalue weighted by Gasteiger charge is 2.37. The zero-order valence-corrected chi connectivity index (χ0v) is 38.8. The van der Waals surface area contributed by atoms with Crippen LogP contribution >= 0.6 is 11.8 Å². The van der Waals surface area contributed by atoms with E-state index < -0.39 is 52.7 Å². The van der Waals surface area contributed by atoms with Crippen LogP contribution in [0, 0.1) is 17.0 Å². The summed E-state index contributed by atoms with van der Waals surface area (Å²) in [5, 5.41) is 15.0. The number of ether oxygens (including phenoxy) is 5. The first-order chi connectivity index (χ1) is 30.4. The van der Waals surface area contributed by atoms with Gasteiger partial charge in [0, 0.05) is 54.8 Å². The third-order valence-corrected chi connectivity index (χ3v) is 10.4. The Morgan fingerprint density at radius 1 is 0.859 bits per heavy atom. The summed E-state index contributed by atoms with van der Waals surface area (Å²) in [6.07, 6.45) is 1.68. The SMILES string of the molecule is CC(C)(C)OC(=O)NCCOCCOCCOCCOCCC(=O)NC(CSCC(=O)N(CCCN)C(c1cc(-c2cc(F)ccc2F)cn1Cc1ccccc1)C(C)(C)C)C(=O)O. The molecular formula is C46H67F2N5O10S. The van der Waals surface area contributed by atoms with Gasteiger partial charge in [0.2, 0.25) is 11.8 Å². The number of alkyl carbamates (subject to hydrolysis) is 1. The van der Waals surface area contributed by atoms with Gasteiger partial charge in [-0.15, -0.1) is 11.8 Å². The molecule has 64 heavy (non-hydrogen) atoms. The van der Waals surface area contributed by atoms with Crippen LogP contribution in [0.5, 0.6) is 0 Å². The number of nitrogens with two attached hydrogens (primary N) is 1. The van der Waals surface area contributed by atoms with E-state index in [2.05, 4.69) is 10.6 Å². The van der Waals surface area contributed by atoms with Gasteiger partial charge >= 0.3 is 12.1 Å². The molecule has 2 unspecified atom stereocenters. The molecule has 0 bridgehead atoms. The molecule has 2 atom stereocenters. The molecule has 0 aliphatic carbocycles. The van der Waals surface area contributed by atoms with Crippen molar-refractivity contribution >= 4 is 35.6 Å². The fraction of sp³-hybridized carbons (Fsp3) is 0.565. The first kappa shape index (κ1) is 53.7. The van der Waals surface area contributed by atoms with E-state index in [0.29, 0.717) is 76.9 Å². The third kappa shape index (κ3) is 20.1. The van der Waals surface area contributed by atoms with Crippen molar-refractivity contribution in [3.8, 4) is 11.1 Å². The number of aromatic nitrogens is 1. The van der Waals surface area contributed by atoms with Crippen LogP contribution in [0.25, 0.3) is 11.1 Å². The van der Waals surface area contributed by atoms with Crippen molar-refractivity contribution in [2.45, 2.75) is 78.6 Å². The number of carbonyl (C=O) groups is 4. The topological polar surface area (TPSA) is 193 Å². The molecule has 3 amide bonds. The summed E-state index contributed by atoms with van der Waals surface area (Å²) in [6.45, 7) is 14.9. The number of nitrogens with one attached hydrogen (secondary N) is 2. The van der Waals surface area contributed by atoms with Crippen LogP contribution in [-0.2, 0) is 44.6 Å². The number of amides is 3. The van der Waals surface area contributed by atoms with E-state index >= 15 is 4.39 Å². The molecule has 15 nitrogen and oxygen atoms in total. The minimum atomic E-state index is -1.25. The number of rotatable bonds is 29. The van der Waals surface area contributed by atoms with Crippen molar-refractivity contribution in [2.75, 3.05) is 84.0 Å². The summed E-state index contributed by atoms with van der Waals surface area (Å²) in [7, 11) is 0. The lowest BCUT2D eigenvalue weighted by atomic mass is 9.83. The molecule has 5 N–H and O–H groups in total. The maximum Gasteiger partial charge on any atom is 0.407 e. The highest BCUT2D eigenvalue weighted by Crippen LogP contribution is 2.41. The van der Waals surface area contributed by atoms with E-state index in [4.69, 9.17) is 29.4 Å². The number of carboxylic acid groups (broad SMARTS) is 1. The van der Waals surface area contributed by atoms with Crippen molar-refractivity contribution in [3.05, 3.63) is 83.7 Å². The Kier molecular flexibility index (Phi) is 23.2. The van der Waals surface area contributed by atoms with Gasteiger partial charge in [0.15, 0.2) is 0 Å². The van der Waals surface area contributed by atoms with Crippen LogP contribution in [0.4, 0.5) is 13.6 Å². The minimum absolute atomic E-state index is 0.0493. The Morgan fingerprint density at radius 3 is 2.08 bits per heavy atom. The second-order valence-corrected chi connectivity index (χ2v) is 18.0. The predicted molar refractivity (Wildman–Crippen MR) is 242 cm³/mol. The fourth-order valence-electron chi connectivity index (χ4n) is 6.53. The molecule has 0 spiro atoms. The zero-order valence-electron chi connectivity index (χ0n) is 38.0. The Balaban J connectivity index is 1.48. The Hall–Kier alpha value is -4.59. The molecule has 3 aromatic rings. The second-order valence-electron chi connectivity index (χ2n) is 17.0. The van der Waals surface area contributed by atoms with Crippen molar-refractivity contribution in [2.24, 2.45) is 11.1 Å². The van der Waals surface area contributed by atoms with E-state index in [0.717, 1.165) is 35.5 Å². The van der Waals surface area contributed by atoms with Gasteiger partial charge in [-0.1, -0.05) is 51.1 Å². The molecule has 0 aliphatic heterocycles. The number of hydrogen-bond acceptors (Lipinski definition) is 11. The average molecular weight is 920 g/mol. The summed E-state index contributed by atoms with van der Waals surface area (Å²) in [4.78, 5) is 52.3. The van der Waals surface area contributed by atoms with Gasteiger partial charge in [0.05, 0.1) is 64.6 Å². The number of benzene rings is 2. The van der Waals surface area contributed by atoms with Gasteiger partial charge < -0.3 is 54.6 Å². The standard InChI is InChI=1S/C46H67F2N5O10S/c1-45(2,3)42(39-27-34(36-28-35(47)13-14-37(36)48)30-52(39)29-33-11-8-7-9-12-33)53(18-10-16-49)41(55)32-64-31-38(43(56)57)51-40(54)15-19-59-21-23-61-25-26-62-24-22-60-20-17-50-44(58)63-46(4,5)6/h7-9,11-14,27-28,30,38,42H,10,15-26,29,31-32,49H2,1-6H3,(H,50,58)(H,51,54)(H,56,57). The lowest BCUT2D eigenvalue weighted by Gasteiger charge is -2.41. The number of aliphatic carboxylic acids is 1. The Morgan fingerprint density at radius 2 is 1.48 bits per heavy atom. The largest absolute Gasteiger partial charge is 0.480 e. The number of carboxylic acids is 1. The third-order valence-electron chi connectivity index (χ3n) is 9.35. The molecule has 0 saturated heterocycles. The second kappa shape index (κ2) is 27.7. The van der Waals surface area contributed by atoms with Gasteiger partial charge in [-0.2, -0.15) is 0 Å². The summed E-state index contributed by atoms with van der Waals surface area (Å²) in [5.74, 6) is -3.33. The highest BCUT2D eigenvalue weighted by atomic mass is 32.2. The average Bonchev–Trinajstić information content (AvgIpc) is 3.62. The molecule has 2 aromatic carbocycles. The first-order valence-electron chi connectivity index (χ1n) is 21.5. The van der Waals surface area contributed by atoms with Crippen LogP contribution in [0.1, 0.15) is 71.7 Å². The number of halogens is 2. The minimum Gasteiger partial charge on any atom is -0.480 e. The van der Waals surface area contributed by atoms with Gasteiger partial charge in [0.25, 0.3) is 0 Å². The van der Waals surface area contributed by atoms with Gasteiger partial charge in [-0.25, -0.2) is 18.4 Å². The maximum atomic E-state index is 15.1. The zero-order chi connectivity index (χ0) is 47.1. The highest BCUT2D eigenvalue weighted by molar-refractivity contribution is 8.00.